The molecule has 1 aliphatic carbocycles. The van der Waals surface area contributed by atoms with E-state index in [0.29, 0.717) is 12.0 Å². The van der Waals surface area contributed by atoms with E-state index in [9.17, 15) is 0 Å². The van der Waals surface area contributed by atoms with Crippen LogP contribution in [0.5, 0.6) is 0 Å². The topological polar surface area (TPSA) is 51.2 Å². The van der Waals surface area contributed by atoms with Gasteiger partial charge in [-0.05, 0) is 36.3 Å². The fourth-order valence-electron chi connectivity index (χ4n) is 2.77. The molecule has 3 N–H and O–H groups in total. The maximum absolute atomic E-state index is 5.65. The molecule has 3 atom stereocenters. The van der Waals surface area contributed by atoms with Crippen LogP contribution in [0, 0.1) is 11.8 Å². The number of rotatable bonds is 4. The second kappa shape index (κ2) is 4.81. The van der Waals surface area contributed by atoms with Crippen LogP contribution in [0.4, 0.5) is 0 Å². The fourth-order valence-corrected chi connectivity index (χ4v) is 2.77. The molecule has 1 aliphatic rings. The molecule has 0 saturated heterocycles. The molecule has 3 unspecified atom stereocenters. The lowest BCUT2D eigenvalue weighted by molar-refractivity contribution is 0.297. The van der Waals surface area contributed by atoms with Crippen LogP contribution in [-0.4, -0.2) is 6.04 Å². The predicted octanol–water partition coefficient (Wildman–Crippen LogP) is 2.09. The van der Waals surface area contributed by atoms with Crippen molar-refractivity contribution in [2.75, 3.05) is 0 Å². The van der Waals surface area contributed by atoms with Crippen molar-refractivity contribution in [2.24, 2.45) is 17.7 Å². The number of hydrogen-bond donors (Lipinski definition) is 2. The molecule has 0 radical (unpaired) electrons. The lowest BCUT2D eigenvalue weighted by atomic mass is 9.87. The van der Waals surface area contributed by atoms with E-state index in [1.807, 2.05) is 12.3 Å². The van der Waals surface area contributed by atoms with Crippen LogP contribution in [0.25, 0.3) is 0 Å². The Labute approximate surface area is 91.0 Å². The second-order valence-electron chi connectivity index (χ2n) is 4.68. The Bertz CT molecular complexity index is 284. The Morgan fingerprint density at radius 2 is 2.47 bits per heavy atom. The first kappa shape index (κ1) is 10.7. The third-order valence-corrected chi connectivity index (χ3v) is 3.69. The minimum Gasteiger partial charge on any atom is -0.472 e. The first-order valence-corrected chi connectivity index (χ1v) is 5.78. The monoisotopic (exact) mass is 208 g/mol. The van der Waals surface area contributed by atoms with Crippen LogP contribution >= 0.6 is 0 Å². The first-order valence-electron chi connectivity index (χ1n) is 5.78. The van der Waals surface area contributed by atoms with Crippen LogP contribution in [0.15, 0.2) is 23.0 Å². The molecule has 1 fully saturated rings. The number of hydrogen-bond acceptors (Lipinski definition) is 3. The summed E-state index contributed by atoms with van der Waals surface area (Å²) in [5.41, 5.74) is 4.20. The lowest BCUT2D eigenvalue weighted by Gasteiger charge is -2.25. The van der Waals surface area contributed by atoms with Crippen LogP contribution in [0.3, 0.4) is 0 Å². The van der Waals surface area contributed by atoms with Gasteiger partial charge in [-0.25, -0.2) is 0 Å². The molecule has 0 bridgehead atoms. The molecular weight excluding hydrogens is 188 g/mol. The Morgan fingerprint density at radius 3 is 3.00 bits per heavy atom. The molecule has 1 heterocycles. The van der Waals surface area contributed by atoms with Crippen molar-refractivity contribution in [1.82, 2.24) is 5.43 Å². The lowest BCUT2D eigenvalue weighted by Crippen LogP contribution is -2.43. The van der Waals surface area contributed by atoms with Gasteiger partial charge in [-0.1, -0.05) is 19.8 Å². The SMILES string of the molecule is CC1CCCC1C(Cc1ccoc1)NN. The second-order valence-corrected chi connectivity index (χ2v) is 4.68. The van der Waals surface area contributed by atoms with E-state index in [4.69, 9.17) is 10.3 Å². The largest absolute Gasteiger partial charge is 0.472 e. The summed E-state index contributed by atoms with van der Waals surface area (Å²) in [6, 6.07) is 2.41. The Hall–Kier alpha value is -0.800. The maximum Gasteiger partial charge on any atom is 0.0935 e. The number of nitrogens with one attached hydrogen (secondary N) is 1. The van der Waals surface area contributed by atoms with Gasteiger partial charge in [0.05, 0.1) is 12.5 Å². The van der Waals surface area contributed by atoms with Crippen molar-refractivity contribution in [2.45, 2.75) is 38.6 Å². The molecule has 0 amide bonds. The van der Waals surface area contributed by atoms with Gasteiger partial charge in [0.2, 0.25) is 0 Å². The third kappa shape index (κ3) is 2.41. The maximum atomic E-state index is 5.65. The highest BCUT2D eigenvalue weighted by molar-refractivity contribution is 5.08. The van der Waals surface area contributed by atoms with Crippen molar-refractivity contribution < 1.29 is 4.42 Å². The van der Waals surface area contributed by atoms with Gasteiger partial charge in [-0.15, -0.1) is 0 Å². The van der Waals surface area contributed by atoms with Gasteiger partial charge in [0.15, 0.2) is 0 Å². The van der Waals surface area contributed by atoms with E-state index in [0.717, 1.165) is 12.3 Å². The number of furan rings is 1. The van der Waals surface area contributed by atoms with E-state index in [-0.39, 0.29) is 0 Å². The fraction of sp³-hybridized carbons (Fsp3) is 0.667. The van der Waals surface area contributed by atoms with Crippen molar-refractivity contribution in [3.05, 3.63) is 24.2 Å². The van der Waals surface area contributed by atoms with Gasteiger partial charge in [0.25, 0.3) is 0 Å². The molecule has 1 saturated carbocycles. The van der Waals surface area contributed by atoms with Crippen LogP contribution in [0.2, 0.25) is 0 Å². The molecule has 0 aliphatic heterocycles. The summed E-state index contributed by atoms with van der Waals surface area (Å²) in [4.78, 5) is 0. The van der Waals surface area contributed by atoms with E-state index >= 15 is 0 Å². The Balaban J connectivity index is 1.97. The number of nitrogens with two attached hydrogens (primary N) is 1. The van der Waals surface area contributed by atoms with Gasteiger partial charge in [-0.3, -0.25) is 11.3 Å². The molecular formula is C12H20N2O. The van der Waals surface area contributed by atoms with Gasteiger partial charge in [0.1, 0.15) is 0 Å². The predicted molar refractivity (Wildman–Crippen MR) is 60.0 cm³/mol. The molecule has 15 heavy (non-hydrogen) atoms. The zero-order valence-corrected chi connectivity index (χ0v) is 9.28. The summed E-state index contributed by atoms with van der Waals surface area (Å²) in [6.07, 6.45) is 8.49. The average Bonchev–Trinajstić information content (AvgIpc) is 2.85. The summed E-state index contributed by atoms with van der Waals surface area (Å²) in [5, 5.41) is 0. The van der Waals surface area contributed by atoms with Crippen LogP contribution < -0.4 is 11.3 Å². The molecule has 1 aromatic rings. The van der Waals surface area contributed by atoms with Crippen molar-refractivity contribution >= 4 is 0 Å². The summed E-state index contributed by atoms with van der Waals surface area (Å²) >= 11 is 0. The quantitative estimate of drug-likeness (QED) is 0.588. The highest BCUT2D eigenvalue weighted by Crippen LogP contribution is 2.34. The molecule has 3 heteroatoms. The van der Waals surface area contributed by atoms with Crippen LogP contribution in [-0.2, 0) is 6.42 Å². The molecule has 2 rings (SSSR count). The van der Waals surface area contributed by atoms with Crippen molar-refractivity contribution in [3.63, 3.8) is 0 Å². The number of hydrazine groups is 1. The minimum absolute atomic E-state index is 0.389. The summed E-state index contributed by atoms with van der Waals surface area (Å²) < 4.78 is 5.08. The molecule has 3 nitrogen and oxygen atoms in total. The van der Waals surface area contributed by atoms with E-state index in [1.54, 1.807) is 6.26 Å². The summed E-state index contributed by atoms with van der Waals surface area (Å²) in [5.74, 6) is 7.15. The van der Waals surface area contributed by atoms with E-state index in [1.165, 1.54) is 24.8 Å². The summed E-state index contributed by atoms with van der Waals surface area (Å²) in [7, 11) is 0. The highest BCUT2D eigenvalue weighted by atomic mass is 16.3. The van der Waals surface area contributed by atoms with Crippen molar-refractivity contribution in [3.8, 4) is 0 Å². The minimum atomic E-state index is 0.389. The van der Waals surface area contributed by atoms with Crippen molar-refractivity contribution in [1.29, 1.82) is 0 Å². The molecule has 1 aromatic heterocycles. The molecule has 0 aromatic carbocycles. The molecule has 0 spiro atoms. The zero-order valence-electron chi connectivity index (χ0n) is 9.28. The Morgan fingerprint density at radius 1 is 1.60 bits per heavy atom. The van der Waals surface area contributed by atoms with Gasteiger partial charge in [-0.2, -0.15) is 0 Å². The highest BCUT2D eigenvalue weighted by Gasteiger charge is 2.30. The van der Waals surface area contributed by atoms with Gasteiger partial charge < -0.3 is 4.42 Å². The van der Waals surface area contributed by atoms with Crippen LogP contribution in [0.1, 0.15) is 31.7 Å². The van der Waals surface area contributed by atoms with E-state index in [2.05, 4.69) is 12.3 Å². The normalized spacial score (nSPS) is 28.1. The zero-order chi connectivity index (χ0) is 10.7. The smallest absolute Gasteiger partial charge is 0.0935 e. The molecule has 84 valence electrons. The summed E-state index contributed by atoms with van der Waals surface area (Å²) in [6.45, 7) is 2.33. The average molecular weight is 208 g/mol. The third-order valence-electron chi connectivity index (χ3n) is 3.69. The van der Waals surface area contributed by atoms with Gasteiger partial charge >= 0.3 is 0 Å². The Kier molecular flexibility index (Phi) is 3.44. The standard InChI is InChI=1S/C12H20N2O/c1-9-3-2-4-11(9)12(14-13)7-10-5-6-15-8-10/h5-6,8-9,11-12,14H,2-4,7,13H2,1H3. The first-order chi connectivity index (χ1) is 7.31. The van der Waals surface area contributed by atoms with Gasteiger partial charge in [0, 0.05) is 6.04 Å². The van der Waals surface area contributed by atoms with E-state index < -0.39 is 0 Å².